The molecule has 0 atom stereocenters. The van der Waals surface area contributed by atoms with Crippen LogP contribution >= 0.6 is 0 Å². The molecule has 0 radical (unpaired) electrons. The number of hydrogen-bond acceptors (Lipinski definition) is 0. The molecule has 0 heterocycles. The van der Waals surface area contributed by atoms with E-state index in [0.717, 1.165) is 0 Å². The number of allylic oxidation sites excluding steroid dienone is 4. The van der Waals surface area contributed by atoms with Gasteiger partial charge in [-0.05, 0) is 49.7 Å². The summed E-state index contributed by atoms with van der Waals surface area (Å²) >= 11 is 0. The predicted octanol–water partition coefficient (Wildman–Crippen LogP) is 5.75. The number of rotatable bonds is 1. The molecule has 0 saturated heterocycles. The Kier molecular flexibility index (Phi) is 4.62. The van der Waals surface area contributed by atoms with Crippen LogP contribution in [-0.4, -0.2) is 0 Å². The average molecular weight is 222 g/mol. The molecule has 16 heavy (non-hydrogen) atoms. The van der Waals surface area contributed by atoms with Crippen LogP contribution in [0.2, 0.25) is 0 Å². The second kappa shape index (κ2) is 4.77. The van der Waals surface area contributed by atoms with Gasteiger partial charge in [0.25, 0.3) is 0 Å². The van der Waals surface area contributed by atoms with Crippen LogP contribution in [-0.2, 0) is 0 Å². The van der Waals surface area contributed by atoms with Crippen molar-refractivity contribution in [3.63, 3.8) is 0 Å². The van der Waals surface area contributed by atoms with Crippen LogP contribution in [0, 0.1) is 10.8 Å². The Morgan fingerprint density at radius 3 is 0.812 bits per heavy atom. The van der Waals surface area contributed by atoms with Crippen LogP contribution in [0.1, 0.15) is 69.2 Å². The van der Waals surface area contributed by atoms with Gasteiger partial charge < -0.3 is 0 Å². The Hall–Kier alpha value is -0.520. The largest absolute Gasteiger partial charge is 0.0648 e. The fourth-order valence-corrected chi connectivity index (χ4v) is 1.69. The zero-order valence-electron chi connectivity index (χ0n) is 13.0. The molecule has 0 unspecified atom stereocenters. The van der Waals surface area contributed by atoms with Gasteiger partial charge in [-0.15, -0.1) is 0 Å². The Morgan fingerprint density at radius 1 is 0.500 bits per heavy atom. The summed E-state index contributed by atoms with van der Waals surface area (Å²) in [5, 5.41) is 0. The third kappa shape index (κ3) is 3.81. The summed E-state index contributed by atoms with van der Waals surface area (Å²) in [5.74, 6) is 0. The first-order valence-electron chi connectivity index (χ1n) is 6.25. The van der Waals surface area contributed by atoms with E-state index < -0.39 is 0 Å². The zero-order chi connectivity index (χ0) is 13.3. The lowest BCUT2D eigenvalue weighted by atomic mass is 9.79. The summed E-state index contributed by atoms with van der Waals surface area (Å²) in [4.78, 5) is 0. The summed E-state index contributed by atoms with van der Waals surface area (Å²) < 4.78 is 0. The van der Waals surface area contributed by atoms with Crippen LogP contribution in [0.15, 0.2) is 22.3 Å². The second-order valence-electron chi connectivity index (χ2n) is 7.00. The topological polar surface area (TPSA) is 0 Å². The molecule has 0 aliphatic heterocycles. The lowest BCUT2D eigenvalue weighted by Crippen LogP contribution is -2.12. The summed E-state index contributed by atoms with van der Waals surface area (Å²) in [7, 11) is 0. The van der Waals surface area contributed by atoms with E-state index >= 15 is 0 Å². The van der Waals surface area contributed by atoms with Crippen molar-refractivity contribution >= 4 is 0 Å². The summed E-state index contributed by atoms with van der Waals surface area (Å²) in [6.45, 7) is 22.7. The van der Waals surface area contributed by atoms with Gasteiger partial charge in [-0.3, -0.25) is 0 Å². The van der Waals surface area contributed by atoms with Crippen LogP contribution in [0.5, 0.6) is 0 Å². The van der Waals surface area contributed by atoms with Crippen molar-refractivity contribution in [3.8, 4) is 0 Å². The van der Waals surface area contributed by atoms with Crippen LogP contribution < -0.4 is 0 Å². The van der Waals surface area contributed by atoms with Gasteiger partial charge >= 0.3 is 0 Å². The summed E-state index contributed by atoms with van der Waals surface area (Å²) in [5.41, 5.74) is 6.44. The highest BCUT2D eigenvalue weighted by molar-refractivity contribution is 5.38. The highest BCUT2D eigenvalue weighted by atomic mass is 14.2. The molecule has 0 bridgehead atoms. The van der Waals surface area contributed by atoms with Crippen molar-refractivity contribution < 1.29 is 0 Å². The Balaban J connectivity index is 5.55. The molecule has 0 aliphatic rings. The molecule has 94 valence electrons. The first kappa shape index (κ1) is 15.5. The molecule has 0 aromatic heterocycles. The van der Waals surface area contributed by atoms with E-state index in [9.17, 15) is 0 Å². The SMILES string of the molecule is CC(=C(C)C(C)(C)C)/C(C)=C(/C)C(C)(C)C. The minimum absolute atomic E-state index is 0.267. The molecule has 0 N–H and O–H groups in total. The van der Waals surface area contributed by atoms with Gasteiger partial charge in [0.05, 0.1) is 0 Å². The molecule has 0 heteroatoms. The van der Waals surface area contributed by atoms with Gasteiger partial charge in [0.2, 0.25) is 0 Å². The highest BCUT2D eigenvalue weighted by Gasteiger charge is 2.19. The zero-order valence-corrected chi connectivity index (χ0v) is 13.0. The average Bonchev–Trinajstić information content (AvgIpc) is 2.10. The molecule has 0 aliphatic carbocycles. The maximum absolute atomic E-state index is 2.28. The third-order valence-corrected chi connectivity index (χ3v) is 3.94. The van der Waals surface area contributed by atoms with E-state index in [1.807, 2.05) is 0 Å². The lowest BCUT2D eigenvalue weighted by Gasteiger charge is -2.27. The second-order valence-corrected chi connectivity index (χ2v) is 7.00. The van der Waals surface area contributed by atoms with Crippen molar-refractivity contribution in [1.82, 2.24) is 0 Å². The van der Waals surface area contributed by atoms with Crippen molar-refractivity contribution in [1.29, 1.82) is 0 Å². The smallest absolute Gasteiger partial charge is 0.0170 e. The molecule has 0 amide bonds. The molecule has 0 nitrogen and oxygen atoms in total. The van der Waals surface area contributed by atoms with Gasteiger partial charge in [-0.1, -0.05) is 52.7 Å². The molecule has 0 fully saturated rings. The van der Waals surface area contributed by atoms with Crippen molar-refractivity contribution in [2.24, 2.45) is 10.8 Å². The summed E-state index contributed by atoms with van der Waals surface area (Å²) in [6, 6.07) is 0. The van der Waals surface area contributed by atoms with E-state index in [-0.39, 0.29) is 10.8 Å². The molecular weight excluding hydrogens is 192 g/mol. The third-order valence-electron chi connectivity index (χ3n) is 3.94. The van der Waals surface area contributed by atoms with E-state index in [1.165, 1.54) is 22.3 Å². The maximum atomic E-state index is 2.28. The Labute approximate surface area is 103 Å². The fraction of sp³-hybridized carbons (Fsp3) is 0.750. The van der Waals surface area contributed by atoms with Gasteiger partial charge in [-0.25, -0.2) is 0 Å². The van der Waals surface area contributed by atoms with Crippen LogP contribution in [0.4, 0.5) is 0 Å². The normalized spacial score (nSPS) is 16.9. The highest BCUT2D eigenvalue weighted by Crippen LogP contribution is 2.35. The van der Waals surface area contributed by atoms with E-state index in [4.69, 9.17) is 0 Å². The standard InChI is InChI=1S/C16H30/c1-11(13(3)15(5,6)7)12(2)14(4)16(8,9)10/h1-10H3/b13-11-,14-12?. The fourth-order valence-electron chi connectivity index (χ4n) is 1.69. The van der Waals surface area contributed by atoms with Crippen molar-refractivity contribution in [3.05, 3.63) is 22.3 Å². The molecule has 0 aromatic carbocycles. The minimum atomic E-state index is 0.267. The van der Waals surface area contributed by atoms with Gasteiger partial charge in [0.15, 0.2) is 0 Å². The van der Waals surface area contributed by atoms with Gasteiger partial charge in [0.1, 0.15) is 0 Å². The van der Waals surface area contributed by atoms with E-state index in [1.54, 1.807) is 0 Å². The molecule has 0 spiro atoms. The van der Waals surface area contributed by atoms with E-state index in [2.05, 4.69) is 69.2 Å². The quantitative estimate of drug-likeness (QED) is 0.495. The molecular formula is C16H30. The maximum Gasteiger partial charge on any atom is -0.0170 e. The number of hydrogen-bond donors (Lipinski definition) is 0. The first-order valence-corrected chi connectivity index (χ1v) is 6.25. The van der Waals surface area contributed by atoms with Crippen LogP contribution in [0.3, 0.4) is 0 Å². The van der Waals surface area contributed by atoms with Crippen LogP contribution in [0.25, 0.3) is 0 Å². The molecule has 0 saturated carbocycles. The molecule has 0 rings (SSSR count). The van der Waals surface area contributed by atoms with E-state index in [0.29, 0.717) is 0 Å². The molecule has 0 aromatic rings. The monoisotopic (exact) mass is 222 g/mol. The predicted molar refractivity (Wildman–Crippen MR) is 75.7 cm³/mol. The Morgan fingerprint density at radius 2 is 0.688 bits per heavy atom. The first-order chi connectivity index (χ1) is 6.89. The van der Waals surface area contributed by atoms with Crippen molar-refractivity contribution in [2.45, 2.75) is 69.2 Å². The Bertz CT molecular complexity index is 277. The lowest BCUT2D eigenvalue weighted by molar-refractivity contribution is 0.490. The van der Waals surface area contributed by atoms with Crippen molar-refractivity contribution in [2.75, 3.05) is 0 Å². The van der Waals surface area contributed by atoms with Gasteiger partial charge in [-0.2, -0.15) is 0 Å². The minimum Gasteiger partial charge on any atom is -0.0648 e. The van der Waals surface area contributed by atoms with Gasteiger partial charge in [0, 0.05) is 0 Å². The summed E-state index contributed by atoms with van der Waals surface area (Å²) in [6.07, 6.45) is 0.